The molecule has 1 saturated carbocycles. The van der Waals surface area contributed by atoms with Crippen LogP contribution in [0.15, 0.2) is 12.7 Å². The predicted molar refractivity (Wildman–Crippen MR) is 78.4 cm³/mol. The van der Waals surface area contributed by atoms with Crippen LogP contribution in [0.3, 0.4) is 0 Å². The number of nitrogens with zero attached hydrogens (tertiary/aromatic N) is 1. The van der Waals surface area contributed by atoms with E-state index < -0.39 is 11.3 Å². The lowest BCUT2D eigenvalue weighted by Gasteiger charge is -2.35. The summed E-state index contributed by atoms with van der Waals surface area (Å²) in [6.45, 7) is 14.0. The molecule has 2 aliphatic rings. The number of hydrogen-bond acceptors (Lipinski definition) is 3. The smallest absolute Gasteiger partial charge is 0.412 e. The largest absolute Gasteiger partial charge is 0.444 e. The van der Waals surface area contributed by atoms with E-state index in [2.05, 4.69) is 6.58 Å². The molecule has 0 aromatic carbocycles. The Bertz CT molecular complexity index is 404. The molecule has 0 spiro atoms. The molecule has 1 aliphatic heterocycles. The normalized spacial score (nSPS) is 27.2. The maximum absolute atomic E-state index is 12.5. The SMILES string of the molecule is C=CC1(CC2COC(C)(C)N2C(=O)OC(C)(C)C)CC1. The third kappa shape index (κ3) is 3.17. The fourth-order valence-electron chi connectivity index (χ4n) is 2.84. The first-order valence-corrected chi connectivity index (χ1v) is 7.38. The molecular formula is C16H27NO3. The minimum absolute atomic E-state index is 0.0698. The molecule has 0 radical (unpaired) electrons. The number of hydrogen-bond donors (Lipinski definition) is 0. The van der Waals surface area contributed by atoms with Crippen molar-refractivity contribution in [3.05, 3.63) is 12.7 Å². The van der Waals surface area contributed by atoms with Crippen LogP contribution in [0, 0.1) is 5.41 Å². The molecule has 0 N–H and O–H groups in total. The van der Waals surface area contributed by atoms with Gasteiger partial charge in [-0.3, -0.25) is 4.90 Å². The predicted octanol–water partition coefficient (Wildman–Crippen LogP) is 3.71. The van der Waals surface area contributed by atoms with Crippen molar-refractivity contribution >= 4 is 6.09 Å². The monoisotopic (exact) mass is 281 g/mol. The van der Waals surface area contributed by atoms with Gasteiger partial charge in [0.1, 0.15) is 11.3 Å². The van der Waals surface area contributed by atoms with Crippen LogP contribution in [0.25, 0.3) is 0 Å². The van der Waals surface area contributed by atoms with Gasteiger partial charge < -0.3 is 9.47 Å². The maximum Gasteiger partial charge on any atom is 0.412 e. The Morgan fingerprint density at radius 2 is 2.05 bits per heavy atom. The summed E-state index contributed by atoms with van der Waals surface area (Å²) in [4.78, 5) is 14.2. The summed E-state index contributed by atoms with van der Waals surface area (Å²) in [6.07, 6.45) is 4.99. The van der Waals surface area contributed by atoms with Gasteiger partial charge in [-0.15, -0.1) is 6.58 Å². The summed E-state index contributed by atoms with van der Waals surface area (Å²) >= 11 is 0. The van der Waals surface area contributed by atoms with E-state index in [0.29, 0.717) is 6.61 Å². The quantitative estimate of drug-likeness (QED) is 0.740. The van der Waals surface area contributed by atoms with Crippen LogP contribution in [0.5, 0.6) is 0 Å². The lowest BCUT2D eigenvalue weighted by Crippen LogP contribution is -2.50. The molecule has 1 amide bonds. The first-order valence-electron chi connectivity index (χ1n) is 7.38. The summed E-state index contributed by atoms with van der Waals surface area (Å²) < 4.78 is 11.3. The number of rotatable bonds is 3. The van der Waals surface area contributed by atoms with Crippen molar-refractivity contribution in [2.45, 2.75) is 71.2 Å². The molecule has 0 bridgehead atoms. The minimum Gasteiger partial charge on any atom is -0.444 e. The number of allylic oxidation sites excluding steroid dienone is 1. The Kier molecular flexibility index (Phi) is 3.66. The molecule has 4 nitrogen and oxygen atoms in total. The van der Waals surface area contributed by atoms with Gasteiger partial charge in [-0.1, -0.05) is 6.08 Å². The van der Waals surface area contributed by atoms with Crippen LogP contribution in [-0.4, -0.2) is 35.0 Å². The Morgan fingerprint density at radius 1 is 1.45 bits per heavy atom. The third-order valence-corrected chi connectivity index (χ3v) is 4.13. The van der Waals surface area contributed by atoms with Gasteiger partial charge in [0.05, 0.1) is 12.6 Å². The lowest BCUT2D eigenvalue weighted by atomic mass is 9.96. The molecule has 1 saturated heterocycles. The van der Waals surface area contributed by atoms with Gasteiger partial charge >= 0.3 is 6.09 Å². The highest BCUT2D eigenvalue weighted by Gasteiger charge is 2.50. The summed E-state index contributed by atoms with van der Waals surface area (Å²) in [6, 6.07) is 0.0698. The second-order valence-corrected chi connectivity index (χ2v) is 7.53. The van der Waals surface area contributed by atoms with Gasteiger partial charge in [-0.25, -0.2) is 4.79 Å². The average molecular weight is 281 g/mol. The van der Waals surface area contributed by atoms with Gasteiger partial charge in [-0.2, -0.15) is 0 Å². The van der Waals surface area contributed by atoms with Crippen LogP contribution in [0.4, 0.5) is 4.79 Å². The molecule has 2 rings (SSSR count). The van der Waals surface area contributed by atoms with E-state index in [1.165, 1.54) is 0 Å². The molecule has 1 unspecified atom stereocenters. The van der Waals surface area contributed by atoms with E-state index in [0.717, 1.165) is 19.3 Å². The summed E-state index contributed by atoms with van der Waals surface area (Å²) in [5.74, 6) is 0. The molecule has 1 atom stereocenters. The highest BCUT2D eigenvalue weighted by Crippen LogP contribution is 2.52. The van der Waals surface area contributed by atoms with E-state index in [-0.39, 0.29) is 17.6 Å². The fourth-order valence-corrected chi connectivity index (χ4v) is 2.84. The second kappa shape index (κ2) is 4.76. The number of amides is 1. The number of carbonyl (C=O) groups is 1. The summed E-state index contributed by atoms with van der Waals surface area (Å²) in [5.41, 5.74) is -0.894. The zero-order valence-electron chi connectivity index (χ0n) is 13.4. The Morgan fingerprint density at radius 3 is 2.50 bits per heavy atom. The van der Waals surface area contributed by atoms with E-state index >= 15 is 0 Å². The lowest BCUT2D eigenvalue weighted by molar-refractivity contribution is -0.0630. The Hall–Kier alpha value is -1.03. The summed E-state index contributed by atoms with van der Waals surface area (Å²) in [7, 11) is 0. The second-order valence-electron chi connectivity index (χ2n) is 7.53. The van der Waals surface area contributed by atoms with Crippen molar-refractivity contribution in [3.63, 3.8) is 0 Å². The van der Waals surface area contributed by atoms with Gasteiger partial charge in [0, 0.05) is 0 Å². The van der Waals surface area contributed by atoms with E-state index in [4.69, 9.17) is 9.47 Å². The van der Waals surface area contributed by atoms with Gasteiger partial charge in [-0.05, 0) is 59.3 Å². The van der Waals surface area contributed by atoms with Crippen molar-refractivity contribution in [1.82, 2.24) is 4.90 Å². The molecule has 4 heteroatoms. The molecule has 0 aromatic heterocycles. The zero-order chi connectivity index (χ0) is 15.2. The highest BCUT2D eigenvalue weighted by atomic mass is 16.6. The summed E-state index contributed by atoms with van der Waals surface area (Å²) in [5, 5.41) is 0. The van der Waals surface area contributed by atoms with Gasteiger partial charge in [0.25, 0.3) is 0 Å². The van der Waals surface area contributed by atoms with Crippen molar-refractivity contribution in [3.8, 4) is 0 Å². The van der Waals surface area contributed by atoms with Crippen LogP contribution in [0.1, 0.15) is 53.9 Å². The van der Waals surface area contributed by atoms with Gasteiger partial charge in [0.2, 0.25) is 0 Å². The van der Waals surface area contributed by atoms with Crippen molar-refractivity contribution < 1.29 is 14.3 Å². The molecular weight excluding hydrogens is 254 g/mol. The number of ether oxygens (including phenoxy) is 2. The van der Waals surface area contributed by atoms with Crippen molar-refractivity contribution in [2.24, 2.45) is 5.41 Å². The van der Waals surface area contributed by atoms with E-state index in [1.807, 2.05) is 40.7 Å². The Labute approximate surface area is 122 Å². The maximum atomic E-state index is 12.5. The molecule has 114 valence electrons. The number of carbonyl (C=O) groups excluding carboxylic acids is 1. The molecule has 20 heavy (non-hydrogen) atoms. The van der Waals surface area contributed by atoms with E-state index in [1.54, 1.807) is 4.90 Å². The Balaban J connectivity index is 2.12. The molecule has 1 aliphatic carbocycles. The zero-order valence-corrected chi connectivity index (χ0v) is 13.4. The van der Waals surface area contributed by atoms with Crippen LogP contribution in [0.2, 0.25) is 0 Å². The molecule has 1 heterocycles. The van der Waals surface area contributed by atoms with Gasteiger partial charge in [0.15, 0.2) is 0 Å². The van der Waals surface area contributed by atoms with Crippen LogP contribution in [-0.2, 0) is 9.47 Å². The van der Waals surface area contributed by atoms with Crippen molar-refractivity contribution in [2.75, 3.05) is 6.61 Å². The van der Waals surface area contributed by atoms with Crippen LogP contribution >= 0.6 is 0 Å². The molecule has 0 aromatic rings. The van der Waals surface area contributed by atoms with Crippen LogP contribution < -0.4 is 0 Å². The molecule has 2 fully saturated rings. The first-order chi connectivity index (χ1) is 9.09. The third-order valence-electron chi connectivity index (χ3n) is 4.13. The minimum atomic E-state index is -0.607. The highest BCUT2D eigenvalue weighted by molar-refractivity contribution is 5.69. The topological polar surface area (TPSA) is 38.8 Å². The standard InChI is InChI=1S/C16H27NO3/c1-7-16(8-9-16)10-12-11-19-15(5,6)17(12)13(18)20-14(2,3)4/h7,12H,1,8-11H2,2-6H3. The fraction of sp³-hybridized carbons (Fsp3) is 0.812. The van der Waals surface area contributed by atoms with E-state index in [9.17, 15) is 4.79 Å². The first kappa shape index (κ1) is 15.4. The average Bonchev–Trinajstić information content (AvgIpc) is 2.97. The van der Waals surface area contributed by atoms with Crippen molar-refractivity contribution in [1.29, 1.82) is 0 Å².